The van der Waals surface area contributed by atoms with Gasteiger partial charge in [-0.2, -0.15) is 0 Å². The van der Waals surface area contributed by atoms with E-state index in [9.17, 15) is 9.59 Å². The zero-order chi connectivity index (χ0) is 16.9. The van der Waals surface area contributed by atoms with E-state index in [4.69, 9.17) is 0 Å². The molecule has 0 fully saturated rings. The van der Waals surface area contributed by atoms with Crippen molar-refractivity contribution in [3.63, 3.8) is 0 Å². The van der Waals surface area contributed by atoms with E-state index >= 15 is 0 Å². The minimum atomic E-state index is -0.381. The third kappa shape index (κ3) is 3.67. The van der Waals surface area contributed by atoms with E-state index in [0.29, 0.717) is 17.1 Å². The Morgan fingerprint density at radius 3 is 2.38 bits per heavy atom. The molecule has 24 heavy (non-hydrogen) atoms. The van der Waals surface area contributed by atoms with Crippen LogP contribution < -0.4 is 16.0 Å². The summed E-state index contributed by atoms with van der Waals surface area (Å²) in [4.78, 5) is 27.6. The summed E-state index contributed by atoms with van der Waals surface area (Å²) in [5, 5.41) is 9.15. The van der Waals surface area contributed by atoms with Crippen LogP contribution in [0.3, 0.4) is 0 Å². The average Bonchev–Trinajstić information content (AvgIpc) is 2.55. The first-order valence-corrected chi connectivity index (χ1v) is 7.41. The summed E-state index contributed by atoms with van der Waals surface area (Å²) in [6, 6.07) is 15.9. The SMILES string of the molecule is CC(=O)Nc1cccc(NC(=O)Nc2cccc3cccnc23)c1. The van der Waals surface area contributed by atoms with Crippen LogP contribution in [0.25, 0.3) is 10.9 Å². The van der Waals surface area contributed by atoms with Gasteiger partial charge in [0.25, 0.3) is 0 Å². The summed E-state index contributed by atoms with van der Waals surface area (Å²) in [6.45, 7) is 1.43. The number of nitrogens with zero attached hydrogens (tertiary/aromatic N) is 1. The molecule has 0 atom stereocenters. The molecule has 0 bridgehead atoms. The van der Waals surface area contributed by atoms with Gasteiger partial charge < -0.3 is 16.0 Å². The molecule has 3 amide bonds. The smallest absolute Gasteiger partial charge is 0.323 e. The molecule has 3 aromatic rings. The van der Waals surface area contributed by atoms with Crippen LogP contribution in [-0.4, -0.2) is 16.9 Å². The molecule has 0 unspecified atom stereocenters. The highest BCUT2D eigenvalue weighted by Gasteiger charge is 2.07. The highest BCUT2D eigenvalue weighted by Crippen LogP contribution is 2.21. The summed E-state index contributed by atoms with van der Waals surface area (Å²) in [7, 11) is 0. The topological polar surface area (TPSA) is 83.1 Å². The number of para-hydroxylation sites is 1. The molecule has 120 valence electrons. The van der Waals surface area contributed by atoms with Crippen LogP contribution in [0.4, 0.5) is 21.9 Å². The maximum Gasteiger partial charge on any atom is 0.323 e. The number of aromatic nitrogens is 1. The van der Waals surface area contributed by atoms with E-state index in [0.717, 1.165) is 10.9 Å². The van der Waals surface area contributed by atoms with Crippen molar-refractivity contribution in [1.82, 2.24) is 4.98 Å². The molecule has 0 radical (unpaired) electrons. The fourth-order valence-corrected chi connectivity index (χ4v) is 2.37. The quantitative estimate of drug-likeness (QED) is 0.685. The Balaban J connectivity index is 1.75. The number of rotatable bonds is 3. The lowest BCUT2D eigenvalue weighted by molar-refractivity contribution is -0.114. The zero-order valence-electron chi connectivity index (χ0n) is 13.0. The van der Waals surface area contributed by atoms with Crippen molar-refractivity contribution in [3.05, 3.63) is 60.8 Å². The second kappa shape index (κ2) is 6.78. The van der Waals surface area contributed by atoms with Gasteiger partial charge in [-0.3, -0.25) is 9.78 Å². The maximum absolute atomic E-state index is 12.2. The molecule has 2 aromatic carbocycles. The molecule has 3 rings (SSSR count). The van der Waals surface area contributed by atoms with E-state index in [1.54, 1.807) is 36.5 Å². The van der Waals surface area contributed by atoms with Gasteiger partial charge in [-0.1, -0.05) is 24.3 Å². The van der Waals surface area contributed by atoms with Gasteiger partial charge in [0, 0.05) is 29.9 Å². The number of carbonyl (C=O) groups excluding carboxylic acids is 2. The van der Waals surface area contributed by atoms with Gasteiger partial charge in [0.1, 0.15) is 0 Å². The number of amides is 3. The van der Waals surface area contributed by atoms with Crippen LogP contribution in [0.2, 0.25) is 0 Å². The van der Waals surface area contributed by atoms with E-state index < -0.39 is 0 Å². The Labute approximate surface area is 138 Å². The van der Waals surface area contributed by atoms with Gasteiger partial charge in [-0.25, -0.2) is 4.79 Å². The van der Waals surface area contributed by atoms with Crippen LogP contribution in [0, 0.1) is 0 Å². The molecular weight excluding hydrogens is 304 g/mol. The first kappa shape index (κ1) is 15.5. The second-order valence-electron chi connectivity index (χ2n) is 5.22. The minimum Gasteiger partial charge on any atom is -0.326 e. The molecule has 1 aromatic heterocycles. The first-order chi connectivity index (χ1) is 11.6. The predicted molar refractivity (Wildman–Crippen MR) is 95.1 cm³/mol. The summed E-state index contributed by atoms with van der Waals surface area (Å²) in [5.74, 6) is -0.168. The van der Waals surface area contributed by atoms with Gasteiger partial charge >= 0.3 is 6.03 Å². The lowest BCUT2D eigenvalue weighted by Gasteiger charge is -2.10. The molecule has 1 heterocycles. The highest BCUT2D eigenvalue weighted by atomic mass is 16.2. The molecule has 0 aliphatic carbocycles. The number of anilines is 3. The second-order valence-corrected chi connectivity index (χ2v) is 5.22. The van der Waals surface area contributed by atoms with Crippen LogP contribution in [0.1, 0.15) is 6.92 Å². The lowest BCUT2D eigenvalue weighted by Crippen LogP contribution is -2.19. The van der Waals surface area contributed by atoms with Crippen molar-refractivity contribution in [2.24, 2.45) is 0 Å². The number of benzene rings is 2. The molecule has 0 saturated carbocycles. The van der Waals surface area contributed by atoms with Crippen molar-refractivity contribution in [1.29, 1.82) is 0 Å². The van der Waals surface area contributed by atoms with Crippen molar-refractivity contribution >= 4 is 39.9 Å². The molecule has 6 heteroatoms. The molecule has 0 aliphatic heterocycles. The number of fused-ring (bicyclic) bond motifs is 1. The van der Waals surface area contributed by atoms with E-state index in [2.05, 4.69) is 20.9 Å². The third-order valence-corrected chi connectivity index (χ3v) is 3.32. The van der Waals surface area contributed by atoms with Gasteiger partial charge in [-0.15, -0.1) is 0 Å². The Hall–Kier alpha value is -3.41. The number of nitrogens with one attached hydrogen (secondary N) is 3. The van der Waals surface area contributed by atoms with Crippen molar-refractivity contribution in [3.8, 4) is 0 Å². The molecule has 0 spiro atoms. The van der Waals surface area contributed by atoms with Gasteiger partial charge in [0.15, 0.2) is 0 Å². The Morgan fingerprint density at radius 1 is 0.875 bits per heavy atom. The standard InChI is InChI=1S/C18H16N4O2/c1-12(23)20-14-7-3-8-15(11-14)21-18(24)22-16-9-2-5-13-6-4-10-19-17(13)16/h2-11H,1H3,(H,20,23)(H2,21,22,24). The first-order valence-electron chi connectivity index (χ1n) is 7.41. The number of urea groups is 1. The zero-order valence-corrected chi connectivity index (χ0v) is 13.0. The maximum atomic E-state index is 12.2. The molecule has 3 N–H and O–H groups in total. The average molecular weight is 320 g/mol. The lowest BCUT2D eigenvalue weighted by atomic mass is 10.2. The minimum absolute atomic E-state index is 0.168. The number of carbonyl (C=O) groups is 2. The Kier molecular flexibility index (Phi) is 4.38. The fraction of sp³-hybridized carbons (Fsp3) is 0.0556. The third-order valence-electron chi connectivity index (χ3n) is 3.32. The summed E-state index contributed by atoms with van der Waals surface area (Å²) in [6.07, 6.45) is 1.68. The Morgan fingerprint density at radius 2 is 1.58 bits per heavy atom. The molecule has 0 aliphatic rings. The number of hydrogen-bond acceptors (Lipinski definition) is 3. The summed E-state index contributed by atoms with van der Waals surface area (Å²) >= 11 is 0. The van der Waals surface area contributed by atoms with E-state index in [1.807, 2.05) is 24.3 Å². The molecular formula is C18H16N4O2. The van der Waals surface area contributed by atoms with E-state index in [-0.39, 0.29) is 11.9 Å². The van der Waals surface area contributed by atoms with Crippen molar-refractivity contribution in [2.75, 3.05) is 16.0 Å². The fourth-order valence-electron chi connectivity index (χ4n) is 2.37. The van der Waals surface area contributed by atoms with Crippen molar-refractivity contribution < 1.29 is 9.59 Å². The van der Waals surface area contributed by atoms with Gasteiger partial charge in [0.05, 0.1) is 11.2 Å². The van der Waals surface area contributed by atoms with Gasteiger partial charge in [0.2, 0.25) is 5.91 Å². The number of hydrogen-bond donors (Lipinski definition) is 3. The van der Waals surface area contributed by atoms with Gasteiger partial charge in [-0.05, 0) is 30.3 Å². The van der Waals surface area contributed by atoms with Crippen LogP contribution in [0.15, 0.2) is 60.8 Å². The molecule has 0 saturated heterocycles. The highest BCUT2D eigenvalue weighted by molar-refractivity contribution is 6.05. The van der Waals surface area contributed by atoms with Crippen molar-refractivity contribution in [2.45, 2.75) is 6.92 Å². The Bertz CT molecular complexity index is 903. The molecule has 6 nitrogen and oxygen atoms in total. The summed E-state index contributed by atoms with van der Waals surface area (Å²) < 4.78 is 0. The summed E-state index contributed by atoms with van der Waals surface area (Å²) in [5.41, 5.74) is 2.55. The van der Waals surface area contributed by atoms with Crippen LogP contribution in [0.5, 0.6) is 0 Å². The predicted octanol–water partition coefficient (Wildman–Crippen LogP) is 3.84. The normalized spacial score (nSPS) is 10.2. The van der Waals surface area contributed by atoms with Crippen LogP contribution >= 0.6 is 0 Å². The largest absolute Gasteiger partial charge is 0.326 e. The van der Waals surface area contributed by atoms with E-state index in [1.165, 1.54) is 6.92 Å². The van der Waals surface area contributed by atoms with Crippen LogP contribution in [-0.2, 0) is 4.79 Å². The number of pyridine rings is 1. The monoisotopic (exact) mass is 320 g/mol.